The minimum atomic E-state index is 0.294. The molecule has 0 aliphatic carbocycles. The highest BCUT2D eigenvalue weighted by Crippen LogP contribution is 2.08. The average molecular weight is 170 g/mol. The third-order valence-electron chi connectivity index (χ3n) is 2.46. The van der Waals surface area contributed by atoms with Crippen LogP contribution in [0.5, 0.6) is 0 Å². The molecule has 1 aliphatic heterocycles. The quantitative estimate of drug-likeness (QED) is 0.657. The second-order valence-electron chi connectivity index (χ2n) is 3.53. The first kappa shape index (κ1) is 9.68. The van der Waals surface area contributed by atoms with Crippen LogP contribution >= 0.6 is 0 Å². The molecule has 0 saturated carbocycles. The normalized spacial score (nSPS) is 24.7. The van der Waals surface area contributed by atoms with Crippen molar-refractivity contribution in [2.75, 3.05) is 26.7 Å². The topological polar surface area (TPSA) is 32.3 Å². The summed E-state index contributed by atoms with van der Waals surface area (Å²) in [4.78, 5) is 13.1. The van der Waals surface area contributed by atoms with Crippen molar-refractivity contribution in [1.29, 1.82) is 0 Å². The Labute approximate surface area is 74.1 Å². The monoisotopic (exact) mass is 170 g/mol. The van der Waals surface area contributed by atoms with Crippen LogP contribution in [-0.2, 0) is 4.79 Å². The molecular weight excluding hydrogens is 152 g/mol. The summed E-state index contributed by atoms with van der Waals surface area (Å²) in [5, 5.41) is 3.25. The molecule has 1 rings (SSSR count). The van der Waals surface area contributed by atoms with Gasteiger partial charge in [0.2, 0.25) is 0 Å². The second-order valence-corrected chi connectivity index (χ2v) is 3.53. The van der Waals surface area contributed by atoms with E-state index in [9.17, 15) is 4.79 Å². The largest absolute Gasteiger partial charge is 0.316 e. The van der Waals surface area contributed by atoms with E-state index >= 15 is 0 Å². The number of hydrogen-bond donors (Lipinski definition) is 1. The van der Waals surface area contributed by atoms with Gasteiger partial charge < -0.3 is 10.2 Å². The maximum absolute atomic E-state index is 10.7. The Bertz CT molecular complexity index is 159. The lowest BCUT2D eigenvalue weighted by Crippen LogP contribution is -2.30. The Morgan fingerprint density at radius 1 is 1.67 bits per heavy atom. The van der Waals surface area contributed by atoms with Gasteiger partial charge in [-0.2, -0.15) is 0 Å². The van der Waals surface area contributed by atoms with Gasteiger partial charge in [0.1, 0.15) is 5.78 Å². The molecule has 0 spiro atoms. The number of carbonyl (C=O) groups excluding carboxylic acids is 1. The lowest BCUT2D eigenvalue weighted by molar-refractivity contribution is -0.117. The van der Waals surface area contributed by atoms with Crippen molar-refractivity contribution in [3.63, 3.8) is 0 Å². The summed E-state index contributed by atoms with van der Waals surface area (Å²) in [6.07, 6.45) is 1.92. The van der Waals surface area contributed by atoms with Gasteiger partial charge in [-0.05, 0) is 26.9 Å². The molecule has 1 heterocycles. The second kappa shape index (κ2) is 4.58. The molecule has 3 nitrogen and oxygen atoms in total. The van der Waals surface area contributed by atoms with E-state index < -0.39 is 0 Å². The van der Waals surface area contributed by atoms with E-state index in [1.807, 2.05) is 7.05 Å². The predicted octanol–water partition coefficient (Wildman–Crippen LogP) is 0.259. The van der Waals surface area contributed by atoms with Crippen molar-refractivity contribution in [1.82, 2.24) is 10.2 Å². The minimum Gasteiger partial charge on any atom is -0.316 e. The highest BCUT2D eigenvalue weighted by atomic mass is 16.1. The third kappa shape index (κ3) is 2.91. The summed E-state index contributed by atoms with van der Waals surface area (Å²) in [5.41, 5.74) is 0. The van der Waals surface area contributed by atoms with Gasteiger partial charge >= 0.3 is 0 Å². The predicted molar refractivity (Wildman–Crippen MR) is 49.2 cm³/mol. The van der Waals surface area contributed by atoms with Gasteiger partial charge in [-0.1, -0.05) is 0 Å². The van der Waals surface area contributed by atoms with Gasteiger partial charge in [0, 0.05) is 25.6 Å². The number of carbonyl (C=O) groups is 1. The number of nitrogens with one attached hydrogen (secondary N) is 1. The van der Waals surface area contributed by atoms with Crippen molar-refractivity contribution in [3.05, 3.63) is 0 Å². The molecule has 3 heteroatoms. The maximum Gasteiger partial charge on any atom is 0.131 e. The highest BCUT2D eigenvalue weighted by molar-refractivity contribution is 5.75. The molecule has 1 atom stereocenters. The Balaban J connectivity index is 2.15. The van der Waals surface area contributed by atoms with Crippen LogP contribution in [-0.4, -0.2) is 43.4 Å². The van der Waals surface area contributed by atoms with Crippen LogP contribution in [0.3, 0.4) is 0 Å². The van der Waals surface area contributed by atoms with E-state index in [0.717, 1.165) is 19.6 Å². The maximum atomic E-state index is 10.7. The zero-order valence-electron chi connectivity index (χ0n) is 7.97. The minimum absolute atomic E-state index is 0.294. The Morgan fingerprint density at radius 2 is 2.42 bits per heavy atom. The first-order valence-corrected chi connectivity index (χ1v) is 4.61. The van der Waals surface area contributed by atoms with Crippen molar-refractivity contribution in [2.45, 2.75) is 25.8 Å². The van der Waals surface area contributed by atoms with Crippen molar-refractivity contribution >= 4 is 5.78 Å². The Morgan fingerprint density at radius 3 is 2.92 bits per heavy atom. The number of ketones is 1. The number of likely N-dealkylation sites (tertiary alicyclic amines) is 1. The van der Waals surface area contributed by atoms with Crippen LogP contribution in [0.4, 0.5) is 0 Å². The molecule has 0 aromatic rings. The van der Waals surface area contributed by atoms with Gasteiger partial charge in [0.05, 0.1) is 0 Å². The number of likely N-dealkylation sites (N-methyl/N-ethyl adjacent to an activating group) is 1. The highest BCUT2D eigenvalue weighted by Gasteiger charge is 2.20. The smallest absolute Gasteiger partial charge is 0.131 e. The lowest BCUT2D eigenvalue weighted by Gasteiger charge is -2.14. The summed E-state index contributed by atoms with van der Waals surface area (Å²) in [6.45, 7) is 4.84. The molecule has 1 aliphatic rings. The fraction of sp³-hybridized carbons (Fsp3) is 0.889. The van der Waals surface area contributed by atoms with Crippen molar-refractivity contribution < 1.29 is 4.79 Å². The molecule has 0 aromatic heterocycles. The van der Waals surface area contributed by atoms with E-state index in [4.69, 9.17) is 0 Å². The van der Waals surface area contributed by atoms with Gasteiger partial charge in [-0.25, -0.2) is 0 Å². The summed E-state index contributed by atoms with van der Waals surface area (Å²) in [7, 11) is 2.00. The van der Waals surface area contributed by atoms with Crippen LogP contribution in [0, 0.1) is 0 Å². The van der Waals surface area contributed by atoms with Gasteiger partial charge in [-0.15, -0.1) is 0 Å². The molecular formula is C9H18N2O. The molecule has 1 unspecified atom stereocenters. The fourth-order valence-corrected chi connectivity index (χ4v) is 1.59. The SMILES string of the molecule is CNC1CCN(CCC(C)=O)C1. The van der Waals surface area contributed by atoms with Crippen LogP contribution < -0.4 is 5.32 Å². The van der Waals surface area contributed by atoms with Crippen molar-refractivity contribution in [3.8, 4) is 0 Å². The first-order valence-electron chi connectivity index (χ1n) is 4.61. The van der Waals surface area contributed by atoms with Crippen LogP contribution in [0.2, 0.25) is 0 Å². The van der Waals surface area contributed by atoms with E-state index in [1.165, 1.54) is 6.42 Å². The van der Waals surface area contributed by atoms with E-state index in [0.29, 0.717) is 18.2 Å². The fourth-order valence-electron chi connectivity index (χ4n) is 1.59. The molecule has 12 heavy (non-hydrogen) atoms. The Kier molecular flexibility index (Phi) is 3.69. The molecule has 0 bridgehead atoms. The van der Waals surface area contributed by atoms with Gasteiger partial charge in [0.15, 0.2) is 0 Å². The Hall–Kier alpha value is -0.410. The molecule has 1 N–H and O–H groups in total. The number of Topliss-reactive ketones (excluding diaryl/α,β-unsaturated/α-hetero) is 1. The molecule has 1 saturated heterocycles. The lowest BCUT2D eigenvalue weighted by atomic mass is 10.3. The molecule has 70 valence electrons. The van der Waals surface area contributed by atoms with Crippen LogP contribution in [0.1, 0.15) is 19.8 Å². The van der Waals surface area contributed by atoms with Crippen LogP contribution in [0.15, 0.2) is 0 Å². The summed E-state index contributed by atoms with van der Waals surface area (Å²) in [6, 6.07) is 0.636. The summed E-state index contributed by atoms with van der Waals surface area (Å²) in [5.74, 6) is 0.294. The van der Waals surface area contributed by atoms with Gasteiger partial charge in [-0.3, -0.25) is 4.79 Å². The van der Waals surface area contributed by atoms with Crippen LogP contribution in [0.25, 0.3) is 0 Å². The zero-order valence-corrected chi connectivity index (χ0v) is 7.97. The third-order valence-corrected chi connectivity index (χ3v) is 2.46. The molecule has 0 radical (unpaired) electrons. The molecule has 0 amide bonds. The summed E-state index contributed by atoms with van der Waals surface area (Å²) < 4.78 is 0. The van der Waals surface area contributed by atoms with E-state index in [-0.39, 0.29) is 0 Å². The van der Waals surface area contributed by atoms with E-state index in [1.54, 1.807) is 6.92 Å². The number of rotatable bonds is 4. The summed E-state index contributed by atoms with van der Waals surface area (Å²) >= 11 is 0. The molecule has 0 aromatic carbocycles. The standard InChI is InChI=1S/C9H18N2O/c1-8(12)3-5-11-6-4-9(7-11)10-2/h9-10H,3-7H2,1-2H3. The van der Waals surface area contributed by atoms with Crippen molar-refractivity contribution in [2.24, 2.45) is 0 Å². The number of hydrogen-bond acceptors (Lipinski definition) is 3. The van der Waals surface area contributed by atoms with Gasteiger partial charge in [0.25, 0.3) is 0 Å². The first-order chi connectivity index (χ1) is 5.72. The zero-order chi connectivity index (χ0) is 8.97. The number of nitrogens with zero attached hydrogens (tertiary/aromatic N) is 1. The average Bonchev–Trinajstić information content (AvgIpc) is 2.48. The van der Waals surface area contributed by atoms with E-state index in [2.05, 4.69) is 10.2 Å². The molecule has 1 fully saturated rings.